The number of thiophene rings is 1. The van der Waals surface area contributed by atoms with Gasteiger partial charge in [0.1, 0.15) is 18.0 Å². The highest BCUT2D eigenvalue weighted by Crippen LogP contribution is 2.34. The monoisotopic (exact) mass is 586 g/mol. The molecule has 0 radical (unpaired) electrons. The number of aromatic nitrogens is 3. The highest BCUT2D eigenvalue weighted by molar-refractivity contribution is 7.15. The predicted molar refractivity (Wildman–Crippen MR) is 159 cm³/mol. The standard InChI is InChI=1S/C31H28F2N6O2S/c1-18(20-4-7-25(32)26(33)12-20)38-31(41)23-3-2-10-34-29(23)35-13-22-6-9-28(42-22)21-5-8-27-24(11-21)30(37-17-36-27)39-14-19(15-39)16-40/h2-12,17-19,40H,13-16H2,1H3,(H,34,35)(H,38,41)/t18-/m0/s1. The summed E-state index contributed by atoms with van der Waals surface area (Å²) in [7, 11) is 0. The van der Waals surface area contributed by atoms with E-state index in [0.29, 0.717) is 23.5 Å². The fourth-order valence-corrected chi connectivity index (χ4v) is 5.92. The van der Waals surface area contributed by atoms with Crippen LogP contribution < -0.4 is 15.5 Å². The van der Waals surface area contributed by atoms with E-state index in [-0.39, 0.29) is 18.4 Å². The normalized spacial score (nSPS) is 14.0. The molecule has 1 fully saturated rings. The van der Waals surface area contributed by atoms with Crippen molar-refractivity contribution in [2.24, 2.45) is 5.92 Å². The summed E-state index contributed by atoms with van der Waals surface area (Å²) >= 11 is 1.63. The third-order valence-corrected chi connectivity index (χ3v) is 8.48. The van der Waals surface area contributed by atoms with Crippen LogP contribution in [0.4, 0.5) is 20.4 Å². The molecule has 11 heteroatoms. The molecule has 0 spiro atoms. The summed E-state index contributed by atoms with van der Waals surface area (Å²) in [6, 6.07) is 16.6. The molecule has 0 saturated carbocycles. The summed E-state index contributed by atoms with van der Waals surface area (Å²) in [5.41, 5.74) is 2.73. The molecule has 8 nitrogen and oxygen atoms in total. The minimum Gasteiger partial charge on any atom is -0.396 e. The van der Waals surface area contributed by atoms with Crippen molar-refractivity contribution in [1.82, 2.24) is 20.3 Å². The van der Waals surface area contributed by atoms with Gasteiger partial charge >= 0.3 is 0 Å². The molecule has 1 aliphatic heterocycles. The molecular formula is C31H28F2N6O2S. The average molecular weight is 587 g/mol. The number of fused-ring (bicyclic) bond motifs is 1. The molecular weight excluding hydrogens is 558 g/mol. The first kappa shape index (κ1) is 27.7. The Labute approximate surface area is 245 Å². The van der Waals surface area contributed by atoms with Crippen LogP contribution in [-0.4, -0.2) is 45.7 Å². The summed E-state index contributed by atoms with van der Waals surface area (Å²) in [6.45, 7) is 3.90. The van der Waals surface area contributed by atoms with Gasteiger partial charge in [-0.2, -0.15) is 0 Å². The van der Waals surface area contributed by atoms with Gasteiger partial charge < -0.3 is 20.6 Å². The second kappa shape index (κ2) is 11.8. The number of pyridine rings is 1. The Balaban J connectivity index is 1.15. The lowest BCUT2D eigenvalue weighted by Gasteiger charge is -2.39. The van der Waals surface area contributed by atoms with Gasteiger partial charge in [-0.1, -0.05) is 12.1 Å². The number of nitrogens with one attached hydrogen (secondary N) is 2. The molecule has 6 rings (SSSR count). The van der Waals surface area contributed by atoms with E-state index in [4.69, 9.17) is 0 Å². The van der Waals surface area contributed by atoms with Crippen LogP contribution in [-0.2, 0) is 6.54 Å². The number of hydrogen-bond acceptors (Lipinski definition) is 8. The number of anilines is 2. The van der Waals surface area contributed by atoms with Gasteiger partial charge in [-0.3, -0.25) is 4.79 Å². The Bertz CT molecular complexity index is 1760. The maximum Gasteiger partial charge on any atom is 0.255 e. The second-order valence-electron chi connectivity index (χ2n) is 10.3. The molecule has 1 atom stereocenters. The largest absolute Gasteiger partial charge is 0.396 e. The molecule has 0 unspecified atom stereocenters. The van der Waals surface area contributed by atoms with Crippen LogP contribution >= 0.6 is 11.3 Å². The number of carbonyl (C=O) groups is 1. The molecule has 214 valence electrons. The van der Waals surface area contributed by atoms with E-state index in [9.17, 15) is 18.7 Å². The zero-order chi connectivity index (χ0) is 29.2. The molecule has 1 saturated heterocycles. The summed E-state index contributed by atoms with van der Waals surface area (Å²) in [4.78, 5) is 30.7. The fourth-order valence-electron chi connectivity index (χ4n) is 4.97. The van der Waals surface area contributed by atoms with Crippen LogP contribution in [0.2, 0.25) is 0 Å². The van der Waals surface area contributed by atoms with E-state index in [1.165, 1.54) is 6.07 Å². The van der Waals surface area contributed by atoms with E-state index in [0.717, 1.165) is 57.3 Å². The predicted octanol–water partition coefficient (Wildman–Crippen LogP) is 5.56. The second-order valence-corrected chi connectivity index (χ2v) is 11.4. The molecule has 0 bridgehead atoms. The quantitative estimate of drug-likeness (QED) is 0.208. The number of amides is 1. The van der Waals surface area contributed by atoms with Crippen molar-refractivity contribution in [3.8, 4) is 10.4 Å². The third-order valence-electron chi connectivity index (χ3n) is 7.35. The van der Waals surface area contributed by atoms with Crippen LogP contribution in [0, 0.1) is 17.6 Å². The molecule has 5 aromatic rings. The van der Waals surface area contributed by atoms with Gasteiger partial charge in [0.05, 0.1) is 23.7 Å². The molecule has 42 heavy (non-hydrogen) atoms. The van der Waals surface area contributed by atoms with Gasteiger partial charge in [-0.05, 0) is 66.6 Å². The first-order chi connectivity index (χ1) is 20.4. The number of carbonyl (C=O) groups excluding carboxylic acids is 1. The minimum atomic E-state index is -0.961. The highest BCUT2D eigenvalue weighted by Gasteiger charge is 2.28. The lowest BCUT2D eigenvalue weighted by Crippen LogP contribution is -2.48. The molecule has 4 heterocycles. The summed E-state index contributed by atoms with van der Waals surface area (Å²) in [6.07, 6.45) is 3.18. The number of aliphatic hydroxyl groups is 1. The van der Waals surface area contributed by atoms with Crippen LogP contribution in [0.5, 0.6) is 0 Å². The van der Waals surface area contributed by atoms with Crippen molar-refractivity contribution in [2.45, 2.75) is 19.5 Å². The van der Waals surface area contributed by atoms with E-state index >= 15 is 0 Å². The Morgan fingerprint density at radius 3 is 2.74 bits per heavy atom. The molecule has 1 aliphatic rings. The summed E-state index contributed by atoms with van der Waals surface area (Å²) in [5.74, 6) is -0.695. The zero-order valence-corrected chi connectivity index (χ0v) is 23.5. The topological polar surface area (TPSA) is 103 Å². The summed E-state index contributed by atoms with van der Waals surface area (Å²) < 4.78 is 27.0. The Morgan fingerprint density at radius 1 is 1.07 bits per heavy atom. The molecule has 0 aliphatic carbocycles. The first-order valence-electron chi connectivity index (χ1n) is 13.5. The van der Waals surface area contributed by atoms with E-state index in [1.807, 2.05) is 18.2 Å². The maximum absolute atomic E-state index is 13.7. The number of halogens is 2. The van der Waals surface area contributed by atoms with E-state index < -0.39 is 17.7 Å². The fraction of sp³-hybridized carbons (Fsp3) is 0.226. The average Bonchev–Trinajstić information content (AvgIpc) is 3.46. The lowest BCUT2D eigenvalue weighted by molar-refractivity contribution is 0.0940. The van der Waals surface area contributed by atoms with Gasteiger partial charge in [-0.25, -0.2) is 23.7 Å². The van der Waals surface area contributed by atoms with E-state index in [1.54, 1.807) is 42.9 Å². The number of hydrogen-bond donors (Lipinski definition) is 3. The molecule has 2 aromatic carbocycles. The van der Waals surface area contributed by atoms with Crippen LogP contribution in [0.25, 0.3) is 21.3 Å². The van der Waals surface area contributed by atoms with Crippen molar-refractivity contribution in [3.63, 3.8) is 0 Å². The molecule has 1 amide bonds. The maximum atomic E-state index is 13.7. The highest BCUT2D eigenvalue weighted by atomic mass is 32.1. The van der Waals surface area contributed by atoms with Crippen molar-refractivity contribution in [2.75, 3.05) is 29.9 Å². The van der Waals surface area contributed by atoms with Gasteiger partial charge in [0, 0.05) is 47.0 Å². The number of nitrogens with zero attached hydrogens (tertiary/aromatic N) is 4. The van der Waals surface area contributed by atoms with Gasteiger partial charge in [-0.15, -0.1) is 11.3 Å². The first-order valence-corrected chi connectivity index (χ1v) is 14.4. The summed E-state index contributed by atoms with van der Waals surface area (Å²) in [5, 5.41) is 16.5. The van der Waals surface area contributed by atoms with Crippen LogP contribution in [0.1, 0.15) is 33.8 Å². The number of rotatable bonds is 9. The third kappa shape index (κ3) is 5.65. The van der Waals surface area contributed by atoms with Crippen LogP contribution in [0.15, 0.2) is 73.2 Å². The molecule has 3 aromatic heterocycles. The Kier molecular flexibility index (Phi) is 7.77. The smallest absolute Gasteiger partial charge is 0.255 e. The zero-order valence-electron chi connectivity index (χ0n) is 22.7. The van der Waals surface area contributed by atoms with Crippen molar-refractivity contribution >= 4 is 39.8 Å². The Morgan fingerprint density at radius 2 is 1.93 bits per heavy atom. The van der Waals surface area contributed by atoms with Gasteiger partial charge in [0.2, 0.25) is 0 Å². The molecule has 3 N–H and O–H groups in total. The minimum absolute atomic E-state index is 0.178. The Hall–Kier alpha value is -4.48. The SMILES string of the molecule is C[C@H](NC(=O)c1cccnc1NCc1ccc(-c2ccc3ncnc(N4CC(CO)C4)c3c2)s1)c1ccc(F)c(F)c1. The van der Waals surface area contributed by atoms with Crippen molar-refractivity contribution in [3.05, 3.63) is 101 Å². The van der Waals surface area contributed by atoms with Crippen LogP contribution in [0.3, 0.4) is 0 Å². The van der Waals surface area contributed by atoms with Gasteiger partial charge in [0.15, 0.2) is 11.6 Å². The number of aliphatic hydroxyl groups excluding tert-OH is 1. The van der Waals surface area contributed by atoms with E-state index in [2.05, 4.69) is 42.6 Å². The van der Waals surface area contributed by atoms with Gasteiger partial charge in [0.25, 0.3) is 5.91 Å². The number of benzene rings is 2. The van der Waals surface area contributed by atoms with Crippen molar-refractivity contribution < 1.29 is 18.7 Å². The van der Waals surface area contributed by atoms with Crippen molar-refractivity contribution in [1.29, 1.82) is 0 Å². The lowest BCUT2D eigenvalue weighted by atomic mass is 10.0.